The van der Waals surface area contributed by atoms with Crippen LogP contribution in [-0.2, 0) is 6.54 Å². The van der Waals surface area contributed by atoms with Crippen LogP contribution in [0.15, 0.2) is 42.7 Å². The van der Waals surface area contributed by atoms with Crippen molar-refractivity contribution in [3.63, 3.8) is 0 Å². The van der Waals surface area contributed by atoms with Gasteiger partial charge in [-0.25, -0.2) is 0 Å². The summed E-state index contributed by atoms with van der Waals surface area (Å²) >= 11 is 0. The minimum Gasteiger partial charge on any atom is -0.333 e. The Morgan fingerprint density at radius 2 is 2.14 bits per heavy atom. The van der Waals surface area contributed by atoms with Crippen LogP contribution in [0.5, 0.6) is 0 Å². The average Bonchev–Trinajstić information content (AvgIpc) is 2.97. The summed E-state index contributed by atoms with van der Waals surface area (Å²) in [4.78, 5) is 14.4. The molecular formula is C16H21ClN4O. The normalized spacial score (nSPS) is 17.9. The van der Waals surface area contributed by atoms with Gasteiger partial charge in [0, 0.05) is 31.9 Å². The summed E-state index contributed by atoms with van der Waals surface area (Å²) in [6, 6.07) is 10.3. The lowest BCUT2D eigenvalue weighted by molar-refractivity contribution is 0.0655. The molecule has 1 unspecified atom stereocenters. The monoisotopic (exact) mass is 320 g/mol. The number of carbonyl (C=O) groups is 1. The molecule has 6 heteroatoms. The molecule has 1 N–H and O–H groups in total. The Balaban J connectivity index is 0.00000176. The molecule has 0 spiro atoms. The number of hydrogen-bond donors (Lipinski definition) is 1. The largest absolute Gasteiger partial charge is 0.333 e. The van der Waals surface area contributed by atoms with Gasteiger partial charge in [-0.05, 0) is 12.5 Å². The summed E-state index contributed by atoms with van der Waals surface area (Å²) in [5.74, 6) is 0.0725. The number of benzene rings is 1. The van der Waals surface area contributed by atoms with E-state index in [-0.39, 0.29) is 24.4 Å². The Bertz CT molecular complexity index is 614. The molecule has 1 aliphatic heterocycles. The molecule has 0 radical (unpaired) electrons. The number of carbonyl (C=O) groups excluding carboxylic acids is 1. The van der Waals surface area contributed by atoms with Crippen molar-refractivity contribution >= 4 is 18.3 Å². The summed E-state index contributed by atoms with van der Waals surface area (Å²) in [7, 11) is 0. The van der Waals surface area contributed by atoms with Gasteiger partial charge in [-0.15, -0.1) is 12.4 Å². The van der Waals surface area contributed by atoms with Crippen molar-refractivity contribution in [2.75, 3.05) is 19.6 Å². The first-order valence-corrected chi connectivity index (χ1v) is 7.32. The molecule has 0 bridgehead atoms. The maximum absolute atomic E-state index is 12.5. The van der Waals surface area contributed by atoms with Crippen molar-refractivity contribution in [3.8, 4) is 0 Å². The minimum atomic E-state index is 0. The first kappa shape index (κ1) is 16.5. The van der Waals surface area contributed by atoms with Crippen LogP contribution in [0.25, 0.3) is 0 Å². The Morgan fingerprint density at radius 1 is 1.36 bits per heavy atom. The summed E-state index contributed by atoms with van der Waals surface area (Å²) in [6.07, 6.45) is 3.50. The zero-order valence-corrected chi connectivity index (χ0v) is 13.4. The lowest BCUT2D eigenvalue weighted by atomic mass is 10.2. The molecule has 0 aliphatic carbocycles. The van der Waals surface area contributed by atoms with Crippen LogP contribution in [0.1, 0.15) is 22.8 Å². The third kappa shape index (κ3) is 3.67. The molecule has 5 nitrogen and oxygen atoms in total. The van der Waals surface area contributed by atoms with E-state index in [1.54, 1.807) is 6.20 Å². The molecule has 1 saturated heterocycles. The van der Waals surface area contributed by atoms with E-state index < -0.39 is 0 Å². The number of halogens is 1. The number of amides is 1. The van der Waals surface area contributed by atoms with Crippen molar-refractivity contribution in [2.24, 2.45) is 0 Å². The van der Waals surface area contributed by atoms with E-state index in [4.69, 9.17) is 0 Å². The second-order valence-corrected chi connectivity index (χ2v) is 5.46. The first-order chi connectivity index (χ1) is 10.2. The third-order valence-corrected chi connectivity index (χ3v) is 3.83. The van der Waals surface area contributed by atoms with Crippen LogP contribution in [-0.4, -0.2) is 46.3 Å². The smallest absolute Gasteiger partial charge is 0.257 e. The van der Waals surface area contributed by atoms with Crippen molar-refractivity contribution in [2.45, 2.75) is 19.5 Å². The molecule has 2 heterocycles. The molecule has 3 rings (SSSR count). The zero-order chi connectivity index (χ0) is 14.7. The Hall–Kier alpha value is -1.85. The fourth-order valence-electron chi connectivity index (χ4n) is 2.64. The van der Waals surface area contributed by atoms with E-state index in [0.29, 0.717) is 12.1 Å². The topological polar surface area (TPSA) is 50.2 Å². The van der Waals surface area contributed by atoms with E-state index in [1.165, 1.54) is 5.56 Å². The maximum Gasteiger partial charge on any atom is 0.257 e. The first-order valence-electron chi connectivity index (χ1n) is 7.32. The van der Waals surface area contributed by atoms with Crippen molar-refractivity contribution in [3.05, 3.63) is 53.9 Å². The molecule has 1 aromatic carbocycles. The second-order valence-electron chi connectivity index (χ2n) is 5.46. The third-order valence-electron chi connectivity index (χ3n) is 3.83. The highest BCUT2D eigenvalue weighted by atomic mass is 35.5. The number of rotatable bonds is 3. The summed E-state index contributed by atoms with van der Waals surface area (Å²) in [5, 5.41) is 7.60. The van der Waals surface area contributed by atoms with Gasteiger partial charge in [-0.2, -0.15) is 5.10 Å². The minimum absolute atomic E-state index is 0. The number of nitrogens with zero attached hydrogens (tertiary/aromatic N) is 3. The van der Waals surface area contributed by atoms with E-state index in [0.717, 1.165) is 19.6 Å². The molecule has 1 aromatic heterocycles. The van der Waals surface area contributed by atoms with Crippen LogP contribution in [0.3, 0.4) is 0 Å². The SMILES string of the molecule is CC1CNCCN1C(=O)c1cnn(Cc2ccccc2)c1.Cl. The number of piperazine rings is 1. The quantitative estimate of drug-likeness (QED) is 0.938. The highest BCUT2D eigenvalue weighted by Gasteiger charge is 2.24. The molecule has 22 heavy (non-hydrogen) atoms. The van der Waals surface area contributed by atoms with Gasteiger partial charge in [0.25, 0.3) is 5.91 Å². The van der Waals surface area contributed by atoms with Crippen LogP contribution in [0.2, 0.25) is 0 Å². The summed E-state index contributed by atoms with van der Waals surface area (Å²) < 4.78 is 1.81. The van der Waals surface area contributed by atoms with E-state index in [9.17, 15) is 4.79 Å². The highest BCUT2D eigenvalue weighted by molar-refractivity contribution is 5.94. The molecule has 0 saturated carbocycles. The van der Waals surface area contributed by atoms with Crippen LogP contribution >= 0.6 is 12.4 Å². The summed E-state index contributed by atoms with van der Waals surface area (Å²) in [5.41, 5.74) is 1.84. The second kappa shape index (κ2) is 7.42. The van der Waals surface area contributed by atoms with Gasteiger partial charge >= 0.3 is 0 Å². The predicted octanol–water partition coefficient (Wildman–Crippen LogP) is 1.79. The molecule has 118 valence electrons. The highest BCUT2D eigenvalue weighted by Crippen LogP contribution is 2.11. The standard InChI is InChI=1S/C16H20N4O.ClH/c1-13-9-17-7-8-20(13)16(21)15-10-18-19(12-15)11-14-5-3-2-4-6-14;/h2-6,10,12-13,17H,7-9,11H2,1H3;1H. The van der Waals surface area contributed by atoms with Crippen molar-refractivity contribution in [1.29, 1.82) is 0 Å². The lowest BCUT2D eigenvalue weighted by Crippen LogP contribution is -2.52. The van der Waals surface area contributed by atoms with Crippen LogP contribution < -0.4 is 5.32 Å². The van der Waals surface area contributed by atoms with E-state index in [1.807, 2.05) is 34.0 Å². The molecule has 1 fully saturated rings. The zero-order valence-electron chi connectivity index (χ0n) is 12.6. The predicted molar refractivity (Wildman–Crippen MR) is 88.4 cm³/mol. The summed E-state index contributed by atoms with van der Waals surface area (Å²) in [6.45, 7) is 5.21. The van der Waals surface area contributed by atoms with Gasteiger partial charge in [0.15, 0.2) is 0 Å². The number of hydrogen-bond acceptors (Lipinski definition) is 3. The van der Waals surface area contributed by atoms with Crippen molar-refractivity contribution in [1.82, 2.24) is 20.0 Å². The Kier molecular flexibility index (Phi) is 5.57. The van der Waals surface area contributed by atoms with Gasteiger partial charge in [-0.1, -0.05) is 30.3 Å². The fourth-order valence-corrected chi connectivity index (χ4v) is 2.64. The van der Waals surface area contributed by atoms with E-state index >= 15 is 0 Å². The Morgan fingerprint density at radius 3 is 2.86 bits per heavy atom. The van der Waals surface area contributed by atoms with Gasteiger partial charge in [-0.3, -0.25) is 9.48 Å². The van der Waals surface area contributed by atoms with E-state index in [2.05, 4.69) is 29.5 Å². The van der Waals surface area contributed by atoms with Gasteiger partial charge < -0.3 is 10.2 Å². The van der Waals surface area contributed by atoms with Crippen molar-refractivity contribution < 1.29 is 4.79 Å². The fraction of sp³-hybridized carbons (Fsp3) is 0.375. The van der Waals surface area contributed by atoms with Crippen LogP contribution in [0, 0.1) is 0 Å². The van der Waals surface area contributed by atoms with Gasteiger partial charge in [0.05, 0.1) is 18.3 Å². The lowest BCUT2D eigenvalue weighted by Gasteiger charge is -2.33. The van der Waals surface area contributed by atoms with Gasteiger partial charge in [0.2, 0.25) is 0 Å². The van der Waals surface area contributed by atoms with Crippen LogP contribution in [0.4, 0.5) is 0 Å². The number of aromatic nitrogens is 2. The van der Waals surface area contributed by atoms with Gasteiger partial charge in [0.1, 0.15) is 0 Å². The number of nitrogens with one attached hydrogen (secondary N) is 1. The molecular weight excluding hydrogens is 300 g/mol. The molecule has 1 amide bonds. The molecule has 1 aliphatic rings. The molecule has 1 atom stereocenters. The average molecular weight is 321 g/mol. The maximum atomic E-state index is 12.5. The Labute approximate surface area is 136 Å². The molecule has 2 aromatic rings.